The lowest BCUT2D eigenvalue weighted by Crippen LogP contribution is -2.38. The van der Waals surface area contributed by atoms with E-state index in [0.717, 1.165) is 6.42 Å². The number of nitrogens with one attached hydrogen (secondary N) is 2. The van der Waals surface area contributed by atoms with Crippen LogP contribution in [0, 0.1) is 0 Å². The molecule has 0 saturated carbocycles. The average molecular weight is 302 g/mol. The van der Waals surface area contributed by atoms with Gasteiger partial charge in [0.2, 0.25) is 0 Å². The molecule has 0 unspecified atom stereocenters. The van der Waals surface area contributed by atoms with Gasteiger partial charge in [-0.15, -0.1) is 0 Å². The molecule has 0 spiro atoms. The number of benzene rings is 1. The van der Waals surface area contributed by atoms with Crippen molar-refractivity contribution in [2.45, 2.75) is 13.3 Å². The molecule has 2 amide bonds. The number of nitrogens with zero attached hydrogens (tertiary/aromatic N) is 1. The van der Waals surface area contributed by atoms with Crippen LogP contribution in [0.1, 0.15) is 18.9 Å². The Bertz CT molecular complexity index is 504. The second-order valence-electron chi connectivity index (χ2n) is 3.60. The van der Waals surface area contributed by atoms with Gasteiger partial charge in [-0.05, 0) is 12.5 Å². The second kappa shape index (κ2) is 7.76. The molecule has 0 atom stereocenters. The fourth-order valence-electron chi connectivity index (χ4n) is 1.15. The number of rotatable bonds is 4. The highest BCUT2D eigenvalue weighted by Gasteiger charge is 2.10. The Morgan fingerprint density at radius 3 is 2.74 bits per heavy atom. The Hall–Kier alpha value is -1.59. The van der Waals surface area contributed by atoms with Gasteiger partial charge in [0.1, 0.15) is 0 Å². The van der Waals surface area contributed by atoms with Crippen LogP contribution in [0.4, 0.5) is 0 Å². The summed E-state index contributed by atoms with van der Waals surface area (Å²) in [7, 11) is 0. The molecule has 1 rings (SSSR count). The topological polar surface area (TPSA) is 70.6 Å². The van der Waals surface area contributed by atoms with Crippen LogP contribution >= 0.6 is 23.2 Å². The number of halogens is 2. The van der Waals surface area contributed by atoms with Crippen molar-refractivity contribution in [2.75, 3.05) is 6.54 Å². The third kappa shape index (κ3) is 4.89. The van der Waals surface area contributed by atoms with E-state index in [1.807, 2.05) is 6.92 Å². The predicted molar refractivity (Wildman–Crippen MR) is 75.5 cm³/mol. The Morgan fingerprint density at radius 2 is 2.05 bits per heavy atom. The molecular weight excluding hydrogens is 289 g/mol. The van der Waals surface area contributed by atoms with Crippen molar-refractivity contribution >= 4 is 41.2 Å². The average Bonchev–Trinajstić information content (AvgIpc) is 2.40. The molecule has 5 nitrogen and oxygen atoms in total. The lowest BCUT2D eigenvalue weighted by molar-refractivity contribution is -0.139. The van der Waals surface area contributed by atoms with Crippen molar-refractivity contribution in [1.29, 1.82) is 0 Å². The summed E-state index contributed by atoms with van der Waals surface area (Å²) in [6.45, 7) is 2.33. The third-order valence-corrected chi connectivity index (χ3v) is 2.93. The summed E-state index contributed by atoms with van der Waals surface area (Å²) in [5.74, 6) is -1.56. The maximum atomic E-state index is 11.3. The van der Waals surface area contributed by atoms with Crippen molar-refractivity contribution < 1.29 is 9.59 Å². The van der Waals surface area contributed by atoms with Gasteiger partial charge in [-0.25, -0.2) is 5.43 Å². The summed E-state index contributed by atoms with van der Waals surface area (Å²) in [6, 6.07) is 5.02. The van der Waals surface area contributed by atoms with Gasteiger partial charge in [0, 0.05) is 12.1 Å². The predicted octanol–water partition coefficient (Wildman–Crippen LogP) is 1.97. The van der Waals surface area contributed by atoms with E-state index < -0.39 is 11.8 Å². The molecule has 1 aromatic rings. The van der Waals surface area contributed by atoms with Crippen LogP contribution in [0.2, 0.25) is 10.0 Å². The Labute approximate surface area is 121 Å². The third-order valence-electron chi connectivity index (χ3n) is 2.09. The van der Waals surface area contributed by atoms with E-state index >= 15 is 0 Å². The van der Waals surface area contributed by atoms with Gasteiger partial charge in [-0.2, -0.15) is 5.10 Å². The van der Waals surface area contributed by atoms with Gasteiger partial charge < -0.3 is 5.32 Å². The maximum absolute atomic E-state index is 11.3. The number of carbonyl (C=O) groups excluding carboxylic acids is 2. The zero-order valence-electron chi connectivity index (χ0n) is 10.2. The molecule has 2 N–H and O–H groups in total. The highest BCUT2D eigenvalue weighted by atomic mass is 35.5. The lowest BCUT2D eigenvalue weighted by Gasteiger charge is -2.02. The van der Waals surface area contributed by atoms with E-state index in [2.05, 4.69) is 15.8 Å². The van der Waals surface area contributed by atoms with Gasteiger partial charge in [-0.3, -0.25) is 9.59 Å². The van der Waals surface area contributed by atoms with Crippen LogP contribution < -0.4 is 10.7 Å². The van der Waals surface area contributed by atoms with E-state index in [-0.39, 0.29) is 0 Å². The number of hydrogen-bond acceptors (Lipinski definition) is 3. The highest BCUT2D eigenvalue weighted by molar-refractivity contribution is 6.43. The number of hydrazone groups is 1. The smallest absolute Gasteiger partial charge is 0.329 e. The van der Waals surface area contributed by atoms with Crippen LogP contribution in [0.3, 0.4) is 0 Å². The molecule has 1 aromatic carbocycles. The van der Waals surface area contributed by atoms with Gasteiger partial charge in [0.25, 0.3) is 0 Å². The molecule has 0 aliphatic carbocycles. The SMILES string of the molecule is CCCNC(=O)C(=O)N/N=C\c1cccc(Cl)c1Cl. The van der Waals surface area contributed by atoms with Crippen molar-refractivity contribution in [3.63, 3.8) is 0 Å². The summed E-state index contributed by atoms with van der Waals surface area (Å²) >= 11 is 11.7. The first-order chi connectivity index (χ1) is 9.06. The minimum absolute atomic E-state index is 0.331. The van der Waals surface area contributed by atoms with E-state index in [9.17, 15) is 9.59 Å². The molecule has 7 heteroatoms. The monoisotopic (exact) mass is 301 g/mol. The van der Waals surface area contributed by atoms with Crippen LogP contribution in [0.5, 0.6) is 0 Å². The summed E-state index contributed by atoms with van der Waals surface area (Å²) in [5, 5.41) is 6.79. The molecule has 102 valence electrons. The standard InChI is InChI=1S/C12H13Cl2N3O2/c1-2-6-15-11(18)12(19)17-16-7-8-4-3-5-9(13)10(8)14/h3-5,7H,2,6H2,1H3,(H,15,18)(H,17,19)/b16-7-. The molecular formula is C12H13Cl2N3O2. The van der Waals surface area contributed by atoms with Crippen LogP contribution in [0.15, 0.2) is 23.3 Å². The molecule has 0 saturated heterocycles. The summed E-state index contributed by atoms with van der Waals surface area (Å²) in [4.78, 5) is 22.5. The fraction of sp³-hybridized carbons (Fsp3) is 0.250. The van der Waals surface area contributed by atoms with Crippen molar-refractivity contribution in [3.05, 3.63) is 33.8 Å². The van der Waals surface area contributed by atoms with Crippen molar-refractivity contribution in [3.8, 4) is 0 Å². The summed E-state index contributed by atoms with van der Waals surface area (Å²) in [5.41, 5.74) is 2.65. The Morgan fingerprint density at radius 1 is 1.32 bits per heavy atom. The van der Waals surface area contributed by atoms with Crippen molar-refractivity contribution in [1.82, 2.24) is 10.7 Å². The van der Waals surface area contributed by atoms with Gasteiger partial charge in [-0.1, -0.05) is 42.3 Å². The largest absolute Gasteiger partial charge is 0.348 e. The number of hydrogen-bond donors (Lipinski definition) is 2. The molecule has 19 heavy (non-hydrogen) atoms. The number of carbonyl (C=O) groups is 2. The van der Waals surface area contributed by atoms with E-state index in [0.29, 0.717) is 22.2 Å². The van der Waals surface area contributed by atoms with Crippen LogP contribution in [0.25, 0.3) is 0 Å². The molecule has 0 bridgehead atoms. The summed E-state index contributed by atoms with van der Waals surface area (Å²) in [6.07, 6.45) is 2.07. The first kappa shape index (κ1) is 15.5. The fourth-order valence-corrected chi connectivity index (χ4v) is 1.51. The number of amides is 2. The normalized spacial score (nSPS) is 10.5. The molecule has 0 aliphatic heterocycles. The van der Waals surface area contributed by atoms with Crippen molar-refractivity contribution in [2.24, 2.45) is 5.10 Å². The molecule has 0 fully saturated rings. The minimum atomic E-state index is -0.831. The van der Waals surface area contributed by atoms with E-state index in [4.69, 9.17) is 23.2 Å². The second-order valence-corrected chi connectivity index (χ2v) is 4.38. The van der Waals surface area contributed by atoms with Gasteiger partial charge >= 0.3 is 11.8 Å². The zero-order chi connectivity index (χ0) is 14.3. The first-order valence-electron chi connectivity index (χ1n) is 5.61. The molecule has 0 aromatic heterocycles. The van der Waals surface area contributed by atoms with Gasteiger partial charge in [0.05, 0.1) is 16.3 Å². The first-order valence-corrected chi connectivity index (χ1v) is 6.37. The molecule has 0 radical (unpaired) electrons. The van der Waals surface area contributed by atoms with Gasteiger partial charge in [0.15, 0.2) is 0 Å². The van der Waals surface area contributed by atoms with Crippen LogP contribution in [-0.2, 0) is 9.59 Å². The van der Waals surface area contributed by atoms with Crippen LogP contribution in [-0.4, -0.2) is 24.6 Å². The molecule has 0 heterocycles. The Balaban J connectivity index is 2.56. The van der Waals surface area contributed by atoms with E-state index in [1.165, 1.54) is 6.21 Å². The summed E-state index contributed by atoms with van der Waals surface area (Å²) < 4.78 is 0. The highest BCUT2D eigenvalue weighted by Crippen LogP contribution is 2.23. The Kier molecular flexibility index (Phi) is 6.32. The molecule has 0 aliphatic rings. The lowest BCUT2D eigenvalue weighted by atomic mass is 10.2. The quantitative estimate of drug-likeness (QED) is 0.507. The zero-order valence-corrected chi connectivity index (χ0v) is 11.8. The minimum Gasteiger partial charge on any atom is -0.348 e. The van der Waals surface area contributed by atoms with E-state index in [1.54, 1.807) is 18.2 Å². The maximum Gasteiger partial charge on any atom is 0.329 e.